The highest BCUT2D eigenvalue weighted by atomic mass is 16.3. The van der Waals surface area contributed by atoms with Gasteiger partial charge in [0.2, 0.25) is 5.91 Å². The molecule has 0 aromatic rings. The number of rotatable bonds is 8. The van der Waals surface area contributed by atoms with Crippen LogP contribution in [0.25, 0.3) is 0 Å². The minimum Gasteiger partial charge on any atom is -0.393 e. The monoisotopic (exact) mass is 419 g/mol. The van der Waals surface area contributed by atoms with Gasteiger partial charge in [0.15, 0.2) is 0 Å². The number of fused-ring (bicyclic) bond motifs is 3. The van der Waals surface area contributed by atoms with Crippen molar-refractivity contribution in [2.75, 3.05) is 7.05 Å². The zero-order valence-corrected chi connectivity index (χ0v) is 20.7. The van der Waals surface area contributed by atoms with Crippen molar-refractivity contribution in [3.05, 3.63) is 0 Å². The minimum absolute atomic E-state index is 0.0995. The number of carbonyl (C=O) groups is 1. The quantitative estimate of drug-likeness (QED) is 0.492. The fourth-order valence-corrected chi connectivity index (χ4v) is 8.32. The third-order valence-electron chi connectivity index (χ3n) is 10.2. The van der Waals surface area contributed by atoms with Crippen LogP contribution in [0.5, 0.6) is 0 Å². The summed E-state index contributed by atoms with van der Waals surface area (Å²) in [6.45, 7) is 12.1. The SMILES string of the molecule is CNC(=O)CC[C@@]1(C)[C@@H]2CC[C@]3(C)[C@@H]([C@H](C)CCCC(C)C)CC[C@H]3[C@H]2CC[C@@H]1O. The van der Waals surface area contributed by atoms with E-state index in [0.29, 0.717) is 17.8 Å². The third-order valence-corrected chi connectivity index (χ3v) is 10.2. The second-order valence-corrected chi connectivity index (χ2v) is 12.2. The van der Waals surface area contributed by atoms with E-state index < -0.39 is 0 Å². The van der Waals surface area contributed by atoms with Crippen molar-refractivity contribution in [1.82, 2.24) is 5.32 Å². The summed E-state index contributed by atoms with van der Waals surface area (Å²) in [5.41, 5.74) is 0.389. The molecule has 0 aromatic heterocycles. The molecule has 3 heteroatoms. The van der Waals surface area contributed by atoms with Gasteiger partial charge in [0.1, 0.15) is 0 Å². The molecular formula is C27H49NO2. The Kier molecular flexibility index (Phi) is 7.63. The topological polar surface area (TPSA) is 49.3 Å². The maximum Gasteiger partial charge on any atom is 0.219 e. The van der Waals surface area contributed by atoms with Crippen LogP contribution in [0.1, 0.15) is 105 Å². The van der Waals surface area contributed by atoms with Crippen LogP contribution in [0.3, 0.4) is 0 Å². The van der Waals surface area contributed by atoms with Crippen LogP contribution in [0.4, 0.5) is 0 Å². The summed E-state index contributed by atoms with van der Waals surface area (Å²) in [7, 11) is 1.72. The molecule has 2 N–H and O–H groups in total. The Bertz CT molecular complexity index is 589. The molecule has 3 fully saturated rings. The van der Waals surface area contributed by atoms with Gasteiger partial charge in [-0.3, -0.25) is 4.79 Å². The van der Waals surface area contributed by atoms with Crippen molar-refractivity contribution in [1.29, 1.82) is 0 Å². The molecule has 3 rings (SSSR count). The van der Waals surface area contributed by atoms with Gasteiger partial charge in [-0.15, -0.1) is 0 Å². The number of aliphatic hydroxyl groups is 1. The summed E-state index contributed by atoms with van der Waals surface area (Å²) in [4.78, 5) is 12.0. The largest absolute Gasteiger partial charge is 0.393 e. The number of carbonyl (C=O) groups excluding carboxylic acids is 1. The Morgan fingerprint density at radius 1 is 1.03 bits per heavy atom. The number of aliphatic hydroxyl groups excluding tert-OH is 1. The van der Waals surface area contributed by atoms with Crippen molar-refractivity contribution in [3.63, 3.8) is 0 Å². The van der Waals surface area contributed by atoms with Crippen LogP contribution in [0.2, 0.25) is 0 Å². The lowest BCUT2D eigenvalue weighted by molar-refractivity contribution is -0.138. The van der Waals surface area contributed by atoms with Gasteiger partial charge in [-0.05, 0) is 91.3 Å². The molecule has 0 spiro atoms. The van der Waals surface area contributed by atoms with Gasteiger partial charge in [-0.1, -0.05) is 53.9 Å². The molecule has 0 aromatic carbocycles. The summed E-state index contributed by atoms with van der Waals surface area (Å²) >= 11 is 0. The molecule has 3 saturated carbocycles. The van der Waals surface area contributed by atoms with Crippen molar-refractivity contribution in [2.45, 2.75) is 111 Å². The highest BCUT2D eigenvalue weighted by Gasteiger charge is 2.59. The van der Waals surface area contributed by atoms with E-state index in [-0.39, 0.29) is 17.4 Å². The first-order chi connectivity index (χ1) is 14.1. The van der Waals surface area contributed by atoms with Gasteiger partial charge in [0, 0.05) is 13.5 Å². The molecule has 3 aliphatic carbocycles. The lowest BCUT2D eigenvalue weighted by Gasteiger charge is -2.58. The van der Waals surface area contributed by atoms with E-state index in [2.05, 4.69) is 39.9 Å². The molecule has 0 bridgehead atoms. The van der Waals surface area contributed by atoms with E-state index in [4.69, 9.17) is 0 Å². The Labute approximate surface area is 186 Å². The Hall–Kier alpha value is -0.570. The predicted molar refractivity (Wildman–Crippen MR) is 125 cm³/mol. The molecular weight excluding hydrogens is 370 g/mol. The molecule has 0 radical (unpaired) electrons. The van der Waals surface area contributed by atoms with Gasteiger partial charge in [-0.2, -0.15) is 0 Å². The maximum absolute atomic E-state index is 12.0. The minimum atomic E-state index is -0.250. The van der Waals surface area contributed by atoms with Gasteiger partial charge >= 0.3 is 0 Å². The van der Waals surface area contributed by atoms with E-state index in [1.807, 2.05) is 0 Å². The molecule has 3 nitrogen and oxygen atoms in total. The Morgan fingerprint density at radius 2 is 1.77 bits per heavy atom. The van der Waals surface area contributed by atoms with Gasteiger partial charge in [-0.25, -0.2) is 0 Å². The first-order valence-electron chi connectivity index (χ1n) is 13.0. The molecule has 1 amide bonds. The second kappa shape index (κ2) is 9.51. The van der Waals surface area contributed by atoms with Crippen molar-refractivity contribution in [2.24, 2.45) is 46.3 Å². The van der Waals surface area contributed by atoms with Crippen molar-refractivity contribution < 1.29 is 9.90 Å². The van der Waals surface area contributed by atoms with E-state index in [9.17, 15) is 9.90 Å². The van der Waals surface area contributed by atoms with Gasteiger partial charge in [0.05, 0.1) is 6.10 Å². The number of hydrogen-bond donors (Lipinski definition) is 2. The summed E-state index contributed by atoms with van der Waals surface area (Å²) in [6.07, 6.45) is 12.7. The Morgan fingerprint density at radius 3 is 2.43 bits per heavy atom. The highest BCUT2D eigenvalue weighted by molar-refractivity contribution is 5.75. The van der Waals surface area contributed by atoms with E-state index in [0.717, 1.165) is 42.4 Å². The lowest BCUT2D eigenvalue weighted by Crippen LogP contribution is -2.54. The number of hydrogen-bond acceptors (Lipinski definition) is 2. The first kappa shape index (κ1) is 24.1. The van der Waals surface area contributed by atoms with Gasteiger partial charge < -0.3 is 10.4 Å². The molecule has 0 heterocycles. The van der Waals surface area contributed by atoms with Crippen molar-refractivity contribution in [3.8, 4) is 0 Å². The molecule has 3 aliphatic rings. The summed E-state index contributed by atoms with van der Waals surface area (Å²) in [5.74, 6) is 4.79. The zero-order chi connectivity index (χ0) is 22.1. The first-order valence-corrected chi connectivity index (χ1v) is 13.0. The zero-order valence-electron chi connectivity index (χ0n) is 20.7. The molecule has 8 atom stereocenters. The molecule has 0 saturated heterocycles. The highest BCUT2D eigenvalue weighted by Crippen LogP contribution is 2.66. The van der Waals surface area contributed by atoms with Crippen LogP contribution in [0, 0.1) is 46.3 Å². The molecule has 30 heavy (non-hydrogen) atoms. The second-order valence-electron chi connectivity index (χ2n) is 12.2. The van der Waals surface area contributed by atoms with E-state index >= 15 is 0 Å². The summed E-state index contributed by atoms with van der Waals surface area (Å²) < 4.78 is 0. The van der Waals surface area contributed by atoms with Crippen LogP contribution in [0.15, 0.2) is 0 Å². The third kappa shape index (κ3) is 4.48. The van der Waals surface area contributed by atoms with Crippen molar-refractivity contribution >= 4 is 5.91 Å². The lowest BCUT2D eigenvalue weighted by atomic mass is 9.47. The number of amides is 1. The van der Waals surface area contributed by atoms with Crippen LogP contribution in [-0.4, -0.2) is 24.2 Å². The standard InChI is InChI=1S/C27H49NO2/c1-18(2)8-7-9-19(3)21-11-12-22-20-10-13-24(29)27(5,17-15-25(30)28-6)23(20)14-16-26(21,22)4/h18-24,29H,7-17H2,1-6H3,(H,28,30)/t19-,20-,21-,22+,23-,24+,26-,27+/m1/s1. The fraction of sp³-hybridized carbons (Fsp3) is 0.963. The number of nitrogens with one attached hydrogen (secondary N) is 1. The Balaban J connectivity index is 1.71. The average molecular weight is 420 g/mol. The van der Waals surface area contributed by atoms with Crippen LogP contribution < -0.4 is 5.32 Å². The molecule has 174 valence electrons. The normalized spacial score (nSPS) is 41.9. The fourth-order valence-electron chi connectivity index (χ4n) is 8.32. The molecule has 0 unspecified atom stereocenters. The maximum atomic E-state index is 12.0. The van der Waals surface area contributed by atoms with E-state index in [1.165, 1.54) is 51.4 Å². The summed E-state index contributed by atoms with van der Waals surface area (Å²) in [6, 6.07) is 0. The molecule has 0 aliphatic heterocycles. The van der Waals surface area contributed by atoms with Crippen LogP contribution >= 0.6 is 0 Å². The van der Waals surface area contributed by atoms with Crippen LogP contribution in [-0.2, 0) is 4.79 Å². The average Bonchev–Trinajstić information content (AvgIpc) is 3.06. The summed E-state index contributed by atoms with van der Waals surface area (Å²) in [5, 5.41) is 13.8. The van der Waals surface area contributed by atoms with Gasteiger partial charge in [0.25, 0.3) is 0 Å². The smallest absolute Gasteiger partial charge is 0.219 e. The predicted octanol–water partition coefficient (Wildman–Crippen LogP) is 6.19. The van der Waals surface area contributed by atoms with E-state index in [1.54, 1.807) is 7.05 Å².